The molecule has 0 spiro atoms. The number of hydrogen-bond acceptors (Lipinski definition) is 5. The molecule has 1 aromatic carbocycles. The molecule has 0 saturated carbocycles. The van der Waals surface area contributed by atoms with Crippen LogP contribution in [0.5, 0.6) is 0 Å². The van der Waals surface area contributed by atoms with Gasteiger partial charge in [-0.1, -0.05) is 55.3 Å². The van der Waals surface area contributed by atoms with E-state index < -0.39 is 12.0 Å². The lowest BCUT2D eigenvalue weighted by Crippen LogP contribution is -2.34. The summed E-state index contributed by atoms with van der Waals surface area (Å²) in [5.41, 5.74) is -0.233. The van der Waals surface area contributed by atoms with Crippen molar-refractivity contribution >= 4 is 5.91 Å². The third-order valence-corrected chi connectivity index (χ3v) is 5.35. The highest BCUT2D eigenvalue weighted by atomic mass is 19.3. The van der Waals surface area contributed by atoms with E-state index in [9.17, 15) is 18.7 Å². The summed E-state index contributed by atoms with van der Waals surface area (Å²) in [5, 5.41) is 21.0. The van der Waals surface area contributed by atoms with Gasteiger partial charge in [0.05, 0.1) is 6.04 Å². The topological polar surface area (TPSA) is 84.1 Å². The molecular formula is C21H27F2N5O2. The van der Waals surface area contributed by atoms with Crippen LogP contribution in [0.25, 0.3) is 0 Å². The molecule has 7 nitrogen and oxygen atoms in total. The number of tetrazole rings is 1. The van der Waals surface area contributed by atoms with Gasteiger partial charge in [-0.2, -0.15) is 8.78 Å². The van der Waals surface area contributed by atoms with E-state index in [-0.39, 0.29) is 17.5 Å². The molecule has 162 valence electrons. The minimum absolute atomic E-state index is 0.0302. The van der Waals surface area contributed by atoms with Gasteiger partial charge in [0, 0.05) is 25.1 Å². The van der Waals surface area contributed by atoms with E-state index >= 15 is 0 Å². The van der Waals surface area contributed by atoms with Gasteiger partial charge in [-0.3, -0.25) is 4.79 Å². The fourth-order valence-electron chi connectivity index (χ4n) is 3.62. The summed E-state index contributed by atoms with van der Waals surface area (Å²) < 4.78 is 30.5. The number of nitrogens with zero attached hydrogens (tertiary/aromatic N) is 5. The molecule has 0 radical (unpaired) electrons. The van der Waals surface area contributed by atoms with Gasteiger partial charge in [0.2, 0.25) is 5.91 Å². The summed E-state index contributed by atoms with van der Waals surface area (Å²) in [7, 11) is 0. The molecule has 1 saturated heterocycles. The first-order chi connectivity index (χ1) is 14.5. The number of halogens is 2. The van der Waals surface area contributed by atoms with E-state index in [0.717, 1.165) is 38.3 Å². The Hall–Kier alpha value is -2.68. The monoisotopic (exact) mass is 419 g/mol. The Labute approximate surface area is 174 Å². The molecule has 2 atom stereocenters. The molecule has 1 aliphatic heterocycles. The number of unbranched alkanes of at least 4 members (excludes halogenated alkanes) is 3. The van der Waals surface area contributed by atoms with E-state index in [1.54, 1.807) is 28.1 Å². The molecule has 1 aromatic heterocycles. The zero-order valence-electron chi connectivity index (χ0n) is 16.8. The van der Waals surface area contributed by atoms with E-state index in [2.05, 4.69) is 15.5 Å². The van der Waals surface area contributed by atoms with Gasteiger partial charge in [-0.15, -0.1) is 5.10 Å². The number of aliphatic hydroxyl groups is 1. The van der Waals surface area contributed by atoms with Crippen LogP contribution in [0, 0.1) is 0 Å². The summed E-state index contributed by atoms with van der Waals surface area (Å²) in [6.45, 7) is 1.35. The van der Waals surface area contributed by atoms with E-state index in [4.69, 9.17) is 0 Å². The highest BCUT2D eigenvalue weighted by Gasteiger charge is 2.39. The molecule has 1 N–H and O–H groups in total. The van der Waals surface area contributed by atoms with E-state index in [0.29, 0.717) is 19.4 Å². The molecule has 2 aromatic rings. The highest BCUT2D eigenvalue weighted by molar-refractivity contribution is 5.79. The van der Waals surface area contributed by atoms with Crippen LogP contribution in [-0.4, -0.2) is 54.8 Å². The average molecular weight is 419 g/mol. The Morgan fingerprint density at radius 3 is 2.60 bits per heavy atom. The van der Waals surface area contributed by atoms with Crippen LogP contribution in [-0.2, 0) is 17.3 Å². The lowest BCUT2D eigenvalue weighted by molar-refractivity contribution is -0.128. The van der Waals surface area contributed by atoms with Crippen molar-refractivity contribution < 1.29 is 18.7 Å². The zero-order valence-corrected chi connectivity index (χ0v) is 16.8. The summed E-state index contributed by atoms with van der Waals surface area (Å²) in [4.78, 5) is 13.9. The molecule has 1 fully saturated rings. The average Bonchev–Trinajstić information content (AvgIpc) is 3.39. The normalized spacial score (nSPS) is 18.4. The number of amides is 1. The predicted octanol–water partition coefficient (Wildman–Crippen LogP) is 2.93. The quantitative estimate of drug-likeness (QED) is 0.447. The molecule has 0 unspecified atom stereocenters. The molecule has 0 bridgehead atoms. The highest BCUT2D eigenvalue weighted by Crippen LogP contribution is 2.32. The maximum Gasteiger partial charge on any atom is 0.302 e. The second kappa shape index (κ2) is 10.4. The van der Waals surface area contributed by atoms with Gasteiger partial charge in [0.15, 0.2) is 0 Å². The van der Waals surface area contributed by atoms with Crippen molar-refractivity contribution in [2.45, 2.75) is 63.1 Å². The number of likely N-dealkylation sites (tertiary alicyclic amines) is 1. The molecule has 30 heavy (non-hydrogen) atoms. The van der Waals surface area contributed by atoms with Crippen molar-refractivity contribution in [3.8, 4) is 0 Å². The smallest absolute Gasteiger partial charge is 0.302 e. The maximum atomic E-state index is 14.4. The Bertz CT molecular complexity index is 814. The molecular weight excluding hydrogens is 392 g/mol. The van der Waals surface area contributed by atoms with Gasteiger partial charge >= 0.3 is 5.92 Å². The summed E-state index contributed by atoms with van der Waals surface area (Å²) in [6.07, 6.45) is 7.02. The number of aromatic nitrogens is 4. The molecule has 1 amide bonds. The van der Waals surface area contributed by atoms with Crippen LogP contribution in [0.1, 0.15) is 44.1 Å². The van der Waals surface area contributed by atoms with Crippen molar-refractivity contribution in [1.82, 2.24) is 25.1 Å². The molecule has 9 heteroatoms. The van der Waals surface area contributed by atoms with Crippen molar-refractivity contribution in [3.63, 3.8) is 0 Å². The lowest BCUT2D eigenvalue weighted by atomic mass is 10.0. The first-order valence-corrected chi connectivity index (χ1v) is 10.3. The van der Waals surface area contributed by atoms with Gasteiger partial charge in [-0.05, 0) is 29.7 Å². The first kappa shape index (κ1) is 22.0. The third-order valence-electron chi connectivity index (χ3n) is 5.35. The maximum absolute atomic E-state index is 14.4. The summed E-state index contributed by atoms with van der Waals surface area (Å²) in [6, 6.07) is 7.01. The third kappa shape index (κ3) is 5.69. The number of hydrogen-bond donors (Lipinski definition) is 1. The van der Waals surface area contributed by atoms with Crippen molar-refractivity contribution in [1.29, 1.82) is 0 Å². The largest absolute Gasteiger partial charge is 0.382 e. The van der Waals surface area contributed by atoms with Crippen LogP contribution in [0.4, 0.5) is 8.78 Å². The SMILES string of the molecule is O=C1CC[C@H](/C=C/[C@@H](O)C(F)(F)c2ccccc2)N1CCCCCCn1cnnn1. The van der Waals surface area contributed by atoms with Crippen LogP contribution in [0.15, 0.2) is 48.8 Å². The van der Waals surface area contributed by atoms with Gasteiger partial charge < -0.3 is 10.0 Å². The second-order valence-electron chi connectivity index (χ2n) is 7.50. The Morgan fingerprint density at radius 1 is 1.17 bits per heavy atom. The van der Waals surface area contributed by atoms with Crippen LogP contribution in [0.2, 0.25) is 0 Å². The number of rotatable bonds is 11. The van der Waals surface area contributed by atoms with Crippen LogP contribution >= 0.6 is 0 Å². The zero-order chi connectivity index (χ0) is 21.4. The fourth-order valence-corrected chi connectivity index (χ4v) is 3.62. The number of alkyl halides is 2. The van der Waals surface area contributed by atoms with Gasteiger partial charge in [-0.25, -0.2) is 4.68 Å². The number of aliphatic hydroxyl groups excluding tert-OH is 1. The molecule has 3 rings (SSSR count). The lowest BCUT2D eigenvalue weighted by Gasteiger charge is -2.24. The van der Waals surface area contributed by atoms with E-state index in [1.165, 1.54) is 24.3 Å². The minimum atomic E-state index is -3.38. The Morgan fingerprint density at radius 2 is 1.90 bits per heavy atom. The molecule has 2 heterocycles. The second-order valence-corrected chi connectivity index (χ2v) is 7.50. The fraction of sp³-hybridized carbons (Fsp3) is 0.524. The Kier molecular flexibility index (Phi) is 7.62. The number of carbonyl (C=O) groups is 1. The summed E-state index contributed by atoms with van der Waals surface area (Å²) >= 11 is 0. The standard InChI is InChI=1S/C21H27F2N5O2/c22-21(23,17-8-4-3-5-9-17)19(29)12-10-18-11-13-20(30)28(18)15-7-2-1-6-14-27-16-24-25-26-27/h3-5,8-10,12,16,18-19,29H,1-2,6-7,11,13-15H2/b12-10+/t18-,19+/m0/s1. The summed E-state index contributed by atoms with van der Waals surface area (Å²) in [5.74, 6) is -3.35. The molecule has 1 aliphatic rings. The number of aryl methyl sites for hydroxylation is 1. The van der Waals surface area contributed by atoms with Crippen molar-refractivity contribution in [2.75, 3.05) is 6.54 Å². The van der Waals surface area contributed by atoms with Crippen LogP contribution in [0.3, 0.4) is 0 Å². The molecule has 0 aliphatic carbocycles. The van der Waals surface area contributed by atoms with Crippen molar-refractivity contribution in [2.24, 2.45) is 0 Å². The number of benzene rings is 1. The van der Waals surface area contributed by atoms with Crippen molar-refractivity contribution in [3.05, 3.63) is 54.4 Å². The van der Waals surface area contributed by atoms with E-state index in [1.807, 2.05) is 0 Å². The van der Waals surface area contributed by atoms with Gasteiger partial charge in [0.25, 0.3) is 0 Å². The predicted molar refractivity (Wildman–Crippen MR) is 107 cm³/mol. The Balaban J connectivity index is 1.45. The van der Waals surface area contributed by atoms with Gasteiger partial charge in [0.1, 0.15) is 12.4 Å². The number of carbonyl (C=O) groups excluding carboxylic acids is 1. The minimum Gasteiger partial charge on any atom is -0.382 e. The van der Waals surface area contributed by atoms with Crippen LogP contribution < -0.4 is 0 Å². The first-order valence-electron chi connectivity index (χ1n) is 10.3.